The summed E-state index contributed by atoms with van der Waals surface area (Å²) < 4.78 is 0. The summed E-state index contributed by atoms with van der Waals surface area (Å²) in [6.45, 7) is 3.91. The molecule has 0 amide bonds. The number of ketones is 1. The number of carboxylic acids is 1. The van der Waals surface area contributed by atoms with E-state index in [1.165, 1.54) is 0 Å². The summed E-state index contributed by atoms with van der Waals surface area (Å²) in [5, 5.41) is 13.4. The maximum absolute atomic E-state index is 13.4. The molecule has 1 aromatic carbocycles. The van der Waals surface area contributed by atoms with Crippen LogP contribution in [0.3, 0.4) is 0 Å². The molecule has 7 heteroatoms. The number of hydrogen-bond donors (Lipinski definition) is 2. The van der Waals surface area contributed by atoms with E-state index in [9.17, 15) is 14.7 Å². The third-order valence-electron chi connectivity index (χ3n) is 6.17. The Morgan fingerprint density at radius 2 is 1.72 bits per heavy atom. The second-order valence-electron chi connectivity index (χ2n) is 7.68. The van der Waals surface area contributed by atoms with Crippen LogP contribution in [0.2, 0.25) is 0 Å². The molecule has 0 radical (unpaired) electrons. The third-order valence-corrected chi connectivity index (χ3v) is 6.17. The molecule has 29 heavy (non-hydrogen) atoms. The molecule has 0 spiro atoms. The molecule has 7 nitrogen and oxygen atoms in total. The topological polar surface area (TPSA) is 85.8 Å². The minimum atomic E-state index is -1.47. The molecule has 0 saturated carbocycles. The molecule has 0 aliphatic carbocycles. The van der Waals surface area contributed by atoms with E-state index in [4.69, 9.17) is 0 Å². The first kappa shape index (κ1) is 19.5. The van der Waals surface area contributed by atoms with Crippen LogP contribution < -0.4 is 10.2 Å². The largest absolute Gasteiger partial charge is 0.480 e. The maximum Gasteiger partial charge on any atom is 0.320 e. The zero-order valence-electron chi connectivity index (χ0n) is 16.3. The molecule has 2 fully saturated rings. The van der Waals surface area contributed by atoms with Crippen molar-refractivity contribution in [3.8, 4) is 0 Å². The van der Waals surface area contributed by atoms with E-state index in [-0.39, 0.29) is 18.4 Å². The molecule has 3 heterocycles. The molecule has 2 saturated heterocycles. The second kappa shape index (κ2) is 8.31. The maximum atomic E-state index is 13.4. The lowest BCUT2D eigenvalue weighted by Gasteiger charge is -2.48. The number of aromatic nitrogens is 1. The van der Waals surface area contributed by atoms with E-state index in [1.54, 1.807) is 36.7 Å². The van der Waals surface area contributed by atoms with Gasteiger partial charge in [-0.05, 0) is 25.1 Å². The number of aliphatic carboxylic acids is 1. The number of anilines is 1. The number of piperazine rings is 1. The van der Waals surface area contributed by atoms with Crippen LogP contribution in [0.25, 0.3) is 0 Å². The first-order valence-corrected chi connectivity index (χ1v) is 10.1. The van der Waals surface area contributed by atoms with Gasteiger partial charge in [0.15, 0.2) is 11.2 Å². The molecule has 2 aromatic rings. The van der Waals surface area contributed by atoms with Crippen LogP contribution in [0.4, 0.5) is 5.69 Å². The summed E-state index contributed by atoms with van der Waals surface area (Å²) in [6, 6.07) is 12.5. The zero-order valence-corrected chi connectivity index (χ0v) is 16.3. The van der Waals surface area contributed by atoms with Gasteiger partial charge >= 0.3 is 5.97 Å². The fraction of sp³-hybridized carbons (Fsp3) is 0.409. The first-order valence-electron chi connectivity index (χ1n) is 10.1. The van der Waals surface area contributed by atoms with Gasteiger partial charge in [-0.25, -0.2) is 0 Å². The minimum Gasteiger partial charge on any atom is -0.480 e. The number of nitrogens with one attached hydrogen (secondary N) is 1. The van der Waals surface area contributed by atoms with Crippen molar-refractivity contribution >= 4 is 17.4 Å². The van der Waals surface area contributed by atoms with E-state index >= 15 is 0 Å². The Labute approximate surface area is 170 Å². The molecule has 2 N–H and O–H groups in total. The second-order valence-corrected chi connectivity index (χ2v) is 7.68. The van der Waals surface area contributed by atoms with Gasteiger partial charge in [0.1, 0.15) is 0 Å². The molecule has 2 aliphatic rings. The minimum absolute atomic E-state index is 0.158. The van der Waals surface area contributed by atoms with Crippen LogP contribution in [0.5, 0.6) is 0 Å². The normalized spacial score (nSPS) is 25.5. The highest BCUT2D eigenvalue weighted by atomic mass is 16.4. The van der Waals surface area contributed by atoms with Crippen LogP contribution in [0, 0.1) is 5.41 Å². The van der Waals surface area contributed by atoms with E-state index in [0.717, 1.165) is 31.9 Å². The number of carboxylic acid groups (broad SMARTS) is 1. The molecule has 2 aliphatic heterocycles. The van der Waals surface area contributed by atoms with Gasteiger partial charge in [0.25, 0.3) is 0 Å². The summed E-state index contributed by atoms with van der Waals surface area (Å²) in [4.78, 5) is 34.5. The fourth-order valence-electron chi connectivity index (χ4n) is 4.62. The predicted molar refractivity (Wildman–Crippen MR) is 110 cm³/mol. The molecule has 2 unspecified atom stereocenters. The zero-order chi connectivity index (χ0) is 20.3. The Bertz CT molecular complexity index is 853. The Kier molecular flexibility index (Phi) is 5.60. The van der Waals surface area contributed by atoms with Gasteiger partial charge in [-0.3, -0.25) is 19.5 Å². The number of piperidine rings is 1. The monoisotopic (exact) mass is 394 g/mol. The van der Waals surface area contributed by atoms with Crippen molar-refractivity contribution in [2.24, 2.45) is 5.41 Å². The predicted octanol–water partition coefficient (Wildman–Crippen LogP) is 1.52. The number of nitrogens with zero attached hydrogens (tertiary/aromatic N) is 3. The van der Waals surface area contributed by atoms with Crippen LogP contribution >= 0.6 is 0 Å². The lowest BCUT2D eigenvalue weighted by atomic mass is 9.70. The highest BCUT2D eigenvalue weighted by molar-refractivity contribution is 6.13. The van der Waals surface area contributed by atoms with Gasteiger partial charge < -0.3 is 15.3 Å². The van der Waals surface area contributed by atoms with Gasteiger partial charge in [-0.1, -0.05) is 30.3 Å². The van der Waals surface area contributed by atoms with Crippen molar-refractivity contribution < 1.29 is 14.7 Å². The number of carbonyl (C=O) groups is 2. The average Bonchev–Trinajstić information content (AvgIpc) is 2.79. The Balaban J connectivity index is 1.58. The number of pyridine rings is 1. The van der Waals surface area contributed by atoms with Crippen LogP contribution in [0.1, 0.15) is 16.8 Å². The quantitative estimate of drug-likeness (QED) is 0.587. The molecule has 0 bridgehead atoms. The summed E-state index contributed by atoms with van der Waals surface area (Å²) in [5.41, 5.74) is 0.104. The van der Waals surface area contributed by atoms with E-state index in [2.05, 4.69) is 20.1 Å². The number of hydrogen-bond acceptors (Lipinski definition) is 6. The molecule has 2 atom stereocenters. The number of carbonyl (C=O) groups excluding carboxylic acids is 1. The summed E-state index contributed by atoms with van der Waals surface area (Å²) in [5.74, 6) is -1.35. The van der Waals surface area contributed by atoms with Gasteiger partial charge in [-0.15, -0.1) is 0 Å². The van der Waals surface area contributed by atoms with Crippen molar-refractivity contribution in [3.05, 3.63) is 60.4 Å². The summed E-state index contributed by atoms with van der Waals surface area (Å²) in [7, 11) is 0. The van der Waals surface area contributed by atoms with Gasteiger partial charge in [-0.2, -0.15) is 0 Å². The summed E-state index contributed by atoms with van der Waals surface area (Å²) >= 11 is 0. The number of rotatable bonds is 5. The highest BCUT2D eigenvalue weighted by Gasteiger charge is 2.55. The lowest BCUT2D eigenvalue weighted by Crippen LogP contribution is -2.66. The first-order chi connectivity index (χ1) is 14.1. The average molecular weight is 394 g/mol. The van der Waals surface area contributed by atoms with Crippen molar-refractivity contribution in [2.75, 3.05) is 44.2 Å². The molecule has 4 rings (SSSR count). The van der Waals surface area contributed by atoms with Gasteiger partial charge in [0.05, 0.1) is 0 Å². The molecular formula is C22H26N4O3. The fourth-order valence-corrected chi connectivity index (χ4v) is 4.62. The standard InChI is InChI=1S/C22H26N4O3/c27-20(17-4-2-1-3-5-17)22(21(28)29)16-24-11-8-19(22)26-14-12-25(13-15-26)18-6-9-23-10-7-18/h1-7,9-10,19,24H,8,11-16H2,(H,28,29). The van der Waals surface area contributed by atoms with Gasteiger partial charge in [0, 0.05) is 62.4 Å². The Hall–Kier alpha value is -2.77. The van der Waals surface area contributed by atoms with Crippen LogP contribution in [-0.4, -0.2) is 72.1 Å². The molecular weight excluding hydrogens is 368 g/mol. The van der Waals surface area contributed by atoms with Crippen LogP contribution in [-0.2, 0) is 4.79 Å². The smallest absolute Gasteiger partial charge is 0.320 e. The molecule has 1 aromatic heterocycles. The summed E-state index contributed by atoms with van der Waals surface area (Å²) in [6.07, 6.45) is 4.20. The number of benzene rings is 1. The van der Waals surface area contributed by atoms with Crippen molar-refractivity contribution in [1.29, 1.82) is 0 Å². The number of Topliss-reactive ketones (excluding diaryl/α,β-unsaturated/α-hetero) is 1. The van der Waals surface area contributed by atoms with Crippen molar-refractivity contribution in [3.63, 3.8) is 0 Å². The van der Waals surface area contributed by atoms with Gasteiger partial charge in [0.2, 0.25) is 0 Å². The molecule has 152 valence electrons. The SMILES string of the molecule is O=C(O)C1(C(=O)c2ccccc2)CNCCC1N1CCN(c2ccncc2)CC1. The van der Waals surface area contributed by atoms with Crippen LogP contribution in [0.15, 0.2) is 54.9 Å². The van der Waals surface area contributed by atoms with Crippen molar-refractivity contribution in [2.45, 2.75) is 12.5 Å². The Morgan fingerprint density at radius 3 is 2.38 bits per heavy atom. The lowest BCUT2D eigenvalue weighted by molar-refractivity contribution is -0.151. The van der Waals surface area contributed by atoms with E-state index in [1.807, 2.05) is 18.2 Å². The van der Waals surface area contributed by atoms with E-state index in [0.29, 0.717) is 18.5 Å². The Morgan fingerprint density at radius 1 is 1.03 bits per heavy atom. The highest BCUT2D eigenvalue weighted by Crippen LogP contribution is 2.36. The van der Waals surface area contributed by atoms with Crippen molar-refractivity contribution in [1.82, 2.24) is 15.2 Å². The van der Waals surface area contributed by atoms with E-state index < -0.39 is 11.4 Å². The third kappa shape index (κ3) is 3.63.